The van der Waals surface area contributed by atoms with E-state index in [1.807, 2.05) is 30.3 Å². The molecular weight excluding hydrogens is 444 g/mol. The average molecular weight is 474 g/mol. The van der Waals surface area contributed by atoms with Crippen molar-refractivity contribution in [1.29, 1.82) is 0 Å². The first-order valence-corrected chi connectivity index (χ1v) is 11.9. The van der Waals surface area contributed by atoms with E-state index in [0.29, 0.717) is 11.2 Å². The van der Waals surface area contributed by atoms with E-state index in [4.69, 9.17) is 4.74 Å². The first-order chi connectivity index (χ1) is 17.1. The lowest BCUT2D eigenvalue weighted by Gasteiger charge is -2.29. The lowest BCUT2D eigenvalue weighted by molar-refractivity contribution is -0.918. The smallest absolute Gasteiger partial charge is 0.293 e. The fourth-order valence-electron chi connectivity index (χ4n) is 4.59. The zero-order valence-electron chi connectivity index (χ0n) is 19.7. The van der Waals surface area contributed by atoms with Crippen molar-refractivity contribution >= 4 is 11.4 Å². The number of quaternary nitrogens is 1. The fourth-order valence-corrected chi connectivity index (χ4v) is 4.59. The predicted molar refractivity (Wildman–Crippen MR) is 131 cm³/mol. The van der Waals surface area contributed by atoms with Gasteiger partial charge < -0.3 is 15.0 Å². The molecule has 1 amide bonds. The number of rotatable bonds is 7. The Labute approximate surface area is 202 Å². The number of fused-ring (bicyclic) bond motifs is 1. The van der Waals surface area contributed by atoms with Crippen LogP contribution < -0.4 is 20.5 Å². The largest absolute Gasteiger partial charge is 0.497 e. The number of carbonyl (C=O) groups excluding carboxylic acids is 1. The van der Waals surface area contributed by atoms with Gasteiger partial charge in [-0.2, -0.15) is 10.2 Å². The molecule has 2 aromatic carbocycles. The molecular formula is C26H29N6O3+. The number of carbonyl (C=O) groups is 1. The Balaban J connectivity index is 1.19. The number of nitrogens with zero attached hydrogens (tertiary/aromatic N) is 4. The molecule has 0 aliphatic carbocycles. The van der Waals surface area contributed by atoms with Crippen LogP contribution in [0.25, 0.3) is 16.8 Å². The van der Waals surface area contributed by atoms with E-state index in [9.17, 15) is 9.59 Å². The highest BCUT2D eigenvalue weighted by Crippen LogP contribution is 2.21. The molecule has 1 aliphatic heterocycles. The summed E-state index contributed by atoms with van der Waals surface area (Å²) in [6, 6.07) is 19.8. The number of likely N-dealkylation sites (tertiary alicyclic amines) is 1. The molecule has 1 aliphatic rings. The van der Waals surface area contributed by atoms with Crippen molar-refractivity contribution in [1.82, 2.24) is 24.7 Å². The molecule has 180 valence electrons. The van der Waals surface area contributed by atoms with Crippen LogP contribution in [0, 0.1) is 0 Å². The first kappa shape index (κ1) is 22.8. The van der Waals surface area contributed by atoms with Crippen LogP contribution in [0.5, 0.6) is 5.75 Å². The van der Waals surface area contributed by atoms with Gasteiger partial charge in [-0.1, -0.05) is 30.3 Å². The molecule has 0 radical (unpaired) electrons. The second kappa shape index (κ2) is 10.1. The van der Waals surface area contributed by atoms with Crippen LogP contribution in [0.3, 0.4) is 0 Å². The minimum Gasteiger partial charge on any atom is -0.497 e. The second-order valence-electron chi connectivity index (χ2n) is 8.94. The summed E-state index contributed by atoms with van der Waals surface area (Å²) in [6.07, 6.45) is 3.30. The summed E-state index contributed by atoms with van der Waals surface area (Å²) in [5.41, 5.74) is 2.87. The van der Waals surface area contributed by atoms with Crippen LogP contribution >= 0.6 is 0 Å². The van der Waals surface area contributed by atoms with Gasteiger partial charge >= 0.3 is 0 Å². The van der Waals surface area contributed by atoms with Crippen molar-refractivity contribution < 1.29 is 14.4 Å². The number of benzene rings is 2. The Kier molecular flexibility index (Phi) is 6.58. The number of hydrogen-bond acceptors (Lipinski definition) is 5. The van der Waals surface area contributed by atoms with Gasteiger partial charge in [0, 0.05) is 30.0 Å². The summed E-state index contributed by atoms with van der Waals surface area (Å²) >= 11 is 0. The Bertz CT molecular complexity index is 1360. The maximum Gasteiger partial charge on any atom is 0.293 e. The quantitative estimate of drug-likeness (QED) is 0.417. The predicted octanol–water partition coefficient (Wildman–Crippen LogP) is 0.930. The van der Waals surface area contributed by atoms with Crippen molar-refractivity contribution in [2.75, 3.05) is 20.2 Å². The number of ether oxygens (including phenoxy) is 1. The van der Waals surface area contributed by atoms with Gasteiger partial charge in [0.15, 0.2) is 0 Å². The molecule has 0 bridgehead atoms. The molecule has 0 spiro atoms. The number of nitrogens with one attached hydrogen (secondary N) is 2. The van der Waals surface area contributed by atoms with E-state index in [0.717, 1.165) is 43.8 Å². The zero-order valence-corrected chi connectivity index (χ0v) is 19.7. The zero-order chi connectivity index (χ0) is 24.2. The summed E-state index contributed by atoms with van der Waals surface area (Å²) in [5.74, 6) is 0.547. The van der Waals surface area contributed by atoms with Crippen LogP contribution in [0.4, 0.5) is 0 Å². The number of hydrogen-bond donors (Lipinski definition) is 2. The van der Waals surface area contributed by atoms with E-state index in [-0.39, 0.29) is 24.1 Å². The van der Waals surface area contributed by atoms with Crippen LogP contribution in [-0.2, 0) is 17.9 Å². The molecule has 1 saturated heterocycles. The van der Waals surface area contributed by atoms with E-state index in [2.05, 4.69) is 39.8 Å². The molecule has 2 N–H and O–H groups in total. The Morgan fingerprint density at radius 1 is 1.11 bits per heavy atom. The summed E-state index contributed by atoms with van der Waals surface area (Å²) in [7, 11) is 1.61. The van der Waals surface area contributed by atoms with Crippen LogP contribution in [-0.4, -0.2) is 51.5 Å². The minimum atomic E-state index is -0.350. The summed E-state index contributed by atoms with van der Waals surface area (Å²) in [5, 5.41) is 11.7. The van der Waals surface area contributed by atoms with Gasteiger partial charge in [-0.25, -0.2) is 9.20 Å². The first-order valence-electron chi connectivity index (χ1n) is 11.9. The molecule has 5 rings (SSSR count). The Morgan fingerprint density at radius 2 is 1.86 bits per heavy atom. The third kappa shape index (κ3) is 5.25. The highest BCUT2D eigenvalue weighted by molar-refractivity contribution is 5.76. The van der Waals surface area contributed by atoms with Gasteiger partial charge in [-0.15, -0.1) is 0 Å². The fraction of sp³-hybridized carbons (Fsp3) is 0.308. The number of piperidine rings is 1. The molecule has 9 nitrogen and oxygen atoms in total. The molecule has 0 unspecified atom stereocenters. The molecule has 4 aromatic rings. The van der Waals surface area contributed by atoms with Gasteiger partial charge in [-0.05, 0) is 30.3 Å². The van der Waals surface area contributed by atoms with Gasteiger partial charge in [0.25, 0.3) is 5.56 Å². The number of amides is 1. The molecule has 0 saturated carbocycles. The third-order valence-electron chi connectivity index (χ3n) is 6.52. The highest BCUT2D eigenvalue weighted by Gasteiger charge is 2.24. The van der Waals surface area contributed by atoms with Gasteiger partial charge in [0.1, 0.15) is 30.7 Å². The minimum absolute atomic E-state index is 0.116. The molecule has 35 heavy (non-hydrogen) atoms. The van der Waals surface area contributed by atoms with Crippen molar-refractivity contribution in [3.63, 3.8) is 0 Å². The van der Waals surface area contributed by atoms with E-state index in [1.54, 1.807) is 13.2 Å². The van der Waals surface area contributed by atoms with Crippen LogP contribution in [0.15, 0.2) is 71.8 Å². The molecule has 2 aromatic heterocycles. The Hall–Kier alpha value is -3.98. The van der Waals surface area contributed by atoms with Crippen molar-refractivity contribution in [2.45, 2.75) is 32.0 Å². The Morgan fingerprint density at radius 3 is 2.57 bits per heavy atom. The summed E-state index contributed by atoms with van der Waals surface area (Å²) in [6.45, 7) is 2.90. The monoisotopic (exact) mass is 473 g/mol. The molecule has 1 fully saturated rings. The van der Waals surface area contributed by atoms with Gasteiger partial charge in [0.05, 0.1) is 25.9 Å². The van der Waals surface area contributed by atoms with Gasteiger partial charge in [-0.3, -0.25) is 9.59 Å². The standard InChI is InChI=1S/C26H28N6O3/c1-35-22-9-7-20(8-10-22)23-15-24-26(34)31(27-18-32(24)29-23)17-25(33)28-21-11-13-30(14-12-21)16-19-5-3-2-4-6-19/h2-10,15,18,21H,11-14,16-17H2,1H3,(H,28,33)/p+1. The van der Waals surface area contributed by atoms with Crippen molar-refractivity contribution in [2.24, 2.45) is 0 Å². The van der Waals surface area contributed by atoms with Crippen molar-refractivity contribution in [3.05, 3.63) is 82.9 Å². The normalized spacial score (nSPS) is 17.9. The van der Waals surface area contributed by atoms with Crippen LogP contribution in [0.2, 0.25) is 0 Å². The molecule has 0 atom stereocenters. The van der Waals surface area contributed by atoms with E-state index in [1.165, 1.54) is 26.0 Å². The third-order valence-corrected chi connectivity index (χ3v) is 6.52. The summed E-state index contributed by atoms with van der Waals surface area (Å²) < 4.78 is 7.83. The van der Waals surface area contributed by atoms with E-state index >= 15 is 0 Å². The molecule has 9 heteroatoms. The lowest BCUT2D eigenvalue weighted by Crippen LogP contribution is -3.12. The summed E-state index contributed by atoms with van der Waals surface area (Å²) in [4.78, 5) is 27.2. The molecule has 3 heterocycles. The van der Waals surface area contributed by atoms with E-state index < -0.39 is 0 Å². The van der Waals surface area contributed by atoms with Gasteiger partial charge in [0.2, 0.25) is 5.91 Å². The SMILES string of the molecule is COc1ccc(-c2cc3c(=O)n(CC(=O)NC4CC[NH+](Cc5ccccc5)CC4)ncn3n2)cc1. The van der Waals surface area contributed by atoms with Crippen molar-refractivity contribution in [3.8, 4) is 17.0 Å². The maximum absolute atomic E-state index is 13.0. The highest BCUT2D eigenvalue weighted by atomic mass is 16.5. The van der Waals surface area contributed by atoms with Crippen LogP contribution in [0.1, 0.15) is 18.4 Å². The second-order valence-corrected chi connectivity index (χ2v) is 8.94. The average Bonchev–Trinajstić information content (AvgIpc) is 3.33. The number of methoxy groups -OCH3 is 1. The number of aromatic nitrogens is 4. The lowest BCUT2D eigenvalue weighted by atomic mass is 10.0. The topological polar surface area (TPSA) is 95.0 Å². The maximum atomic E-state index is 13.0.